The second-order valence-electron chi connectivity index (χ2n) is 11.2. The Morgan fingerprint density at radius 1 is 1.05 bits per heavy atom. The molecule has 6 rings (SSSR count). The highest BCUT2D eigenvalue weighted by Gasteiger charge is 2.41. The number of aryl methyl sites for hydroxylation is 1. The molecule has 2 aromatic heterocycles. The van der Waals surface area contributed by atoms with Gasteiger partial charge in [-0.05, 0) is 45.2 Å². The van der Waals surface area contributed by atoms with Crippen LogP contribution in [0.15, 0.2) is 24.3 Å². The van der Waals surface area contributed by atoms with Gasteiger partial charge in [0.05, 0.1) is 30.7 Å². The van der Waals surface area contributed by atoms with Crippen molar-refractivity contribution in [3.63, 3.8) is 0 Å². The van der Waals surface area contributed by atoms with E-state index in [9.17, 15) is 5.26 Å². The minimum atomic E-state index is -0.600. The minimum Gasteiger partial charge on any atom is -0.378 e. The fourth-order valence-corrected chi connectivity index (χ4v) is 6.02. The number of imidazole rings is 1. The molecule has 10 nitrogen and oxygen atoms in total. The first-order valence-corrected chi connectivity index (χ1v) is 13.7. The summed E-state index contributed by atoms with van der Waals surface area (Å²) in [5, 5.41) is 17.0. The van der Waals surface area contributed by atoms with Crippen molar-refractivity contribution < 1.29 is 4.74 Å². The number of nitriles is 1. The monoisotopic (exact) mass is 515 g/mol. The van der Waals surface area contributed by atoms with Crippen LogP contribution in [-0.2, 0) is 17.4 Å². The number of anilines is 3. The van der Waals surface area contributed by atoms with Gasteiger partial charge in [-0.3, -0.25) is 4.90 Å². The van der Waals surface area contributed by atoms with Gasteiger partial charge in [0, 0.05) is 39.1 Å². The van der Waals surface area contributed by atoms with Gasteiger partial charge in [-0.2, -0.15) is 5.26 Å². The second kappa shape index (κ2) is 9.40. The lowest BCUT2D eigenvalue weighted by molar-refractivity contribution is 0.122. The first-order chi connectivity index (χ1) is 18.3. The number of aromatic nitrogens is 4. The zero-order valence-electron chi connectivity index (χ0n) is 22.8. The van der Waals surface area contributed by atoms with Gasteiger partial charge in [0.25, 0.3) is 0 Å². The van der Waals surface area contributed by atoms with Crippen molar-refractivity contribution in [1.82, 2.24) is 24.4 Å². The molecular formula is C28H37N9O. The van der Waals surface area contributed by atoms with Gasteiger partial charge < -0.3 is 24.8 Å². The van der Waals surface area contributed by atoms with E-state index in [1.54, 1.807) is 0 Å². The highest BCUT2D eigenvalue weighted by Crippen LogP contribution is 2.42. The van der Waals surface area contributed by atoms with Gasteiger partial charge in [-0.15, -0.1) is 0 Å². The van der Waals surface area contributed by atoms with Crippen LogP contribution in [0.5, 0.6) is 0 Å². The molecule has 3 aliphatic rings. The molecule has 0 atom stereocenters. The number of morpholine rings is 1. The molecule has 0 radical (unpaired) electrons. The molecule has 0 spiro atoms. The van der Waals surface area contributed by atoms with Crippen LogP contribution in [0.1, 0.15) is 57.6 Å². The van der Waals surface area contributed by atoms with E-state index >= 15 is 0 Å². The molecule has 0 amide bonds. The summed E-state index contributed by atoms with van der Waals surface area (Å²) in [5.74, 6) is 2.97. The highest BCUT2D eigenvalue weighted by molar-refractivity contribution is 5.85. The number of piperidine rings is 1. The predicted molar refractivity (Wildman–Crippen MR) is 148 cm³/mol. The quantitative estimate of drug-likeness (QED) is 0.525. The van der Waals surface area contributed by atoms with Crippen LogP contribution >= 0.6 is 0 Å². The van der Waals surface area contributed by atoms with Crippen LogP contribution in [0.4, 0.5) is 17.2 Å². The topological polar surface area (TPSA) is 107 Å². The van der Waals surface area contributed by atoms with Crippen molar-refractivity contribution >= 4 is 28.4 Å². The molecule has 2 N–H and O–H groups in total. The van der Waals surface area contributed by atoms with Gasteiger partial charge in [0.1, 0.15) is 11.4 Å². The number of fused-ring (bicyclic) bond motifs is 2. The summed E-state index contributed by atoms with van der Waals surface area (Å²) in [6, 6.07) is 10.7. The molecule has 0 unspecified atom stereocenters. The fourth-order valence-electron chi connectivity index (χ4n) is 6.02. The molecule has 38 heavy (non-hydrogen) atoms. The average molecular weight is 516 g/mol. The molecule has 3 aromatic rings. The maximum atomic E-state index is 9.59. The molecular weight excluding hydrogens is 478 g/mol. The van der Waals surface area contributed by atoms with Crippen molar-refractivity contribution in [1.29, 1.82) is 5.26 Å². The van der Waals surface area contributed by atoms with E-state index in [4.69, 9.17) is 19.7 Å². The summed E-state index contributed by atoms with van der Waals surface area (Å²) in [4.78, 5) is 20.2. The second-order valence-corrected chi connectivity index (χ2v) is 11.2. The van der Waals surface area contributed by atoms with Crippen molar-refractivity contribution in [2.24, 2.45) is 7.05 Å². The molecule has 0 aliphatic carbocycles. The Balaban J connectivity index is 1.41. The largest absolute Gasteiger partial charge is 0.378 e. The van der Waals surface area contributed by atoms with E-state index in [0.717, 1.165) is 85.4 Å². The van der Waals surface area contributed by atoms with Crippen molar-refractivity contribution in [3.05, 3.63) is 35.9 Å². The van der Waals surface area contributed by atoms with Gasteiger partial charge in [0.2, 0.25) is 0 Å². The Hall–Kier alpha value is -3.42. The lowest BCUT2D eigenvalue weighted by Gasteiger charge is -2.38. The first-order valence-electron chi connectivity index (χ1n) is 13.7. The standard InChI is InChI=1S/C28H37N9O/c1-5-28(33-20-8-6-7-9-21(20)34-28)26-31-24-22(25(32-26)36-14-16-38-17-15-36)30-23(35(24)4)19-10-12-37(13-11-19)27(2,3)18-29/h6-9,19,33-34H,5,10-17H2,1-4H3. The number of hydrogen-bond acceptors (Lipinski definition) is 9. The third kappa shape index (κ3) is 4.05. The van der Waals surface area contributed by atoms with Crippen molar-refractivity contribution in [2.45, 2.75) is 57.2 Å². The smallest absolute Gasteiger partial charge is 0.179 e. The molecule has 10 heteroatoms. The van der Waals surface area contributed by atoms with Gasteiger partial charge in [0.15, 0.2) is 28.5 Å². The van der Waals surface area contributed by atoms with Crippen LogP contribution in [0.3, 0.4) is 0 Å². The van der Waals surface area contributed by atoms with E-state index in [1.807, 2.05) is 26.0 Å². The lowest BCUT2D eigenvalue weighted by atomic mass is 9.92. The van der Waals surface area contributed by atoms with Crippen LogP contribution in [0.25, 0.3) is 11.2 Å². The highest BCUT2D eigenvalue weighted by atomic mass is 16.5. The van der Waals surface area contributed by atoms with Gasteiger partial charge >= 0.3 is 0 Å². The van der Waals surface area contributed by atoms with Crippen LogP contribution in [-0.4, -0.2) is 69.4 Å². The lowest BCUT2D eigenvalue weighted by Crippen LogP contribution is -2.47. The predicted octanol–water partition coefficient (Wildman–Crippen LogP) is 3.78. The van der Waals surface area contributed by atoms with E-state index in [0.29, 0.717) is 19.1 Å². The van der Waals surface area contributed by atoms with Crippen LogP contribution < -0.4 is 15.5 Å². The van der Waals surface area contributed by atoms with Gasteiger partial charge in [-0.25, -0.2) is 15.0 Å². The Morgan fingerprint density at radius 3 is 2.32 bits per heavy atom. The van der Waals surface area contributed by atoms with Crippen molar-refractivity contribution in [2.75, 3.05) is 54.9 Å². The average Bonchev–Trinajstić information content (AvgIpc) is 3.51. The Kier molecular flexibility index (Phi) is 6.16. The number of ether oxygens (including phenoxy) is 1. The molecule has 200 valence electrons. The zero-order chi connectivity index (χ0) is 26.5. The van der Waals surface area contributed by atoms with Crippen LogP contribution in [0.2, 0.25) is 0 Å². The normalized spacial score (nSPS) is 20.1. The van der Waals surface area contributed by atoms with E-state index < -0.39 is 11.2 Å². The Morgan fingerprint density at radius 2 is 1.71 bits per heavy atom. The zero-order valence-corrected chi connectivity index (χ0v) is 22.8. The summed E-state index contributed by atoms with van der Waals surface area (Å²) in [7, 11) is 2.08. The number of nitrogens with zero attached hydrogens (tertiary/aromatic N) is 7. The van der Waals surface area contributed by atoms with E-state index in [2.05, 4.69) is 57.2 Å². The maximum absolute atomic E-state index is 9.59. The molecule has 2 fully saturated rings. The third-order valence-corrected chi connectivity index (χ3v) is 8.51. The molecule has 0 bridgehead atoms. The fraction of sp³-hybridized carbons (Fsp3) is 0.571. The summed E-state index contributed by atoms with van der Waals surface area (Å²) in [5.41, 5.74) is 2.78. The number of rotatable bonds is 5. The van der Waals surface area contributed by atoms with Gasteiger partial charge in [-0.1, -0.05) is 19.1 Å². The minimum absolute atomic E-state index is 0.313. The molecule has 5 heterocycles. The first kappa shape index (κ1) is 24.9. The molecule has 1 aromatic carbocycles. The number of nitrogens with one attached hydrogen (secondary N) is 2. The summed E-state index contributed by atoms with van der Waals surface area (Å²) in [6.45, 7) is 10.8. The SMILES string of the molecule is CCC1(c2nc(N3CCOCC3)c3nc(C4CCN(C(C)(C)C#N)CC4)n(C)c3n2)Nc2ccccc2N1. The molecule has 0 saturated carbocycles. The number of benzene rings is 1. The van der Waals surface area contributed by atoms with E-state index in [1.165, 1.54) is 0 Å². The number of hydrogen-bond donors (Lipinski definition) is 2. The Labute approximate surface area is 224 Å². The third-order valence-electron chi connectivity index (χ3n) is 8.51. The molecule has 2 saturated heterocycles. The summed E-state index contributed by atoms with van der Waals surface area (Å²) < 4.78 is 7.83. The number of likely N-dealkylation sites (tertiary alicyclic amines) is 1. The maximum Gasteiger partial charge on any atom is 0.179 e. The summed E-state index contributed by atoms with van der Waals surface area (Å²) >= 11 is 0. The Bertz CT molecular complexity index is 1350. The van der Waals surface area contributed by atoms with Crippen molar-refractivity contribution in [3.8, 4) is 6.07 Å². The number of para-hydroxylation sites is 2. The molecule has 3 aliphatic heterocycles. The van der Waals surface area contributed by atoms with E-state index in [-0.39, 0.29) is 0 Å². The van der Waals surface area contributed by atoms with Crippen LogP contribution in [0, 0.1) is 11.3 Å². The summed E-state index contributed by atoms with van der Waals surface area (Å²) in [6.07, 6.45) is 2.70.